The molecule has 0 spiro atoms. The molecule has 1 fully saturated rings. The fourth-order valence-corrected chi connectivity index (χ4v) is 5.84. The van der Waals surface area contributed by atoms with Gasteiger partial charge in [-0.25, -0.2) is 4.79 Å². The first kappa shape index (κ1) is 23.8. The molecule has 2 aliphatic heterocycles. The first-order chi connectivity index (χ1) is 17.9. The summed E-state index contributed by atoms with van der Waals surface area (Å²) < 4.78 is 50.3. The number of hydrogen-bond donors (Lipinski definition) is 0. The van der Waals surface area contributed by atoms with E-state index in [0.29, 0.717) is 26.1 Å². The molecule has 190 valence electrons. The Morgan fingerprint density at radius 2 is 1.57 bits per heavy atom. The SMILES string of the molecule is O=C(OCC1c2ccccc2-c2ccccc21)N1C2C=C(Cc3ccc(C(F)(F)F)cc3)CC1COC2. The van der Waals surface area contributed by atoms with Crippen molar-refractivity contribution < 1.29 is 27.4 Å². The Hall–Kier alpha value is -3.58. The number of rotatable bonds is 4. The van der Waals surface area contributed by atoms with E-state index in [1.54, 1.807) is 4.90 Å². The molecule has 0 N–H and O–H groups in total. The van der Waals surface area contributed by atoms with Crippen LogP contribution in [0.15, 0.2) is 84.4 Å². The van der Waals surface area contributed by atoms with Crippen molar-refractivity contribution in [2.24, 2.45) is 0 Å². The second-order valence-corrected chi connectivity index (χ2v) is 9.87. The molecular weight excluding hydrogens is 479 g/mol. The number of nitrogens with zero attached hydrogens (tertiary/aromatic N) is 1. The number of hydrogen-bond acceptors (Lipinski definition) is 3. The van der Waals surface area contributed by atoms with Crippen molar-refractivity contribution in [3.63, 3.8) is 0 Å². The Morgan fingerprint density at radius 3 is 2.19 bits per heavy atom. The van der Waals surface area contributed by atoms with Crippen LogP contribution >= 0.6 is 0 Å². The summed E-state index contributed by atoms with van der Waals surface area (Å²) in [6.45, 7) is 1.04. The maximum atomic E-state index is 13.3. The zero-order valence-electron chi connectivity index (χ0n) is 20.1. The molecule has 3 aromatic rings. The van der Waals surface area contributed by atoms with Gasteiger partial charge in [0.25, 0.3) is 0 Å². The lowest BCUT2D eigenvalue weighted by Gasteiger charge is -2.44. The molecule has 6 rings (SSSR count). The van der Waals surface area contributed by atoms with Gasteiger partial charge in [-0.15, -0.1) is 0 Å². The van der Waals surface area contributed by atoms with Gasteiger partial charge in [0.1, 0.15) is 6.61 Å². The third kappa shape index (κ3) is 4.53. The molecule has 2 bridgehead atoms. The summed E-state index contributed by atoms with van der Waals surface area (Å²) in [5.41, 5.74) is 5.94. The third-order valence-corrected chi connectivity index (χ3v) is 7.53. The third-order valence-electron chi connectivity index (χ3n) is 7.53. The van der Waals surface area contributed by atoms with Crippen molar-refractivity contribution in [1.29, 1.82) is 0 Å². The number of benzene rings is 3. The highest BCUT2D eigenvalue weighted by molar-refractivity contribution is 5.79. The van der Waals surface area contributed by atoms with Gasteiger partial charge < -0.3 is 9.47 Å². The smallest absolute Gasteiger partial charge is 0.416 e. The van der Waals surface area contributed by atoms with Crippen molar-refractivity contribution in [1.82, 2.24) is 4.90 Å². The van der Waals surface area contributed by atoms with Crippen LogP contribution in [0.1, 0.15) is 34.6 Å². The highest BCUT2D eigenvalue weighted by Crippen LogP contribution is 2.44. The van der Waals surface area contributed by atoms with Crippen LogP contribution in [-0.2, 0) is 22.1 Å². The van der Waals surface area contributed by atoms with Crippen molar-refractivity contribution in [3.05, 3.63) is 107 Å². The molecule has 1 amide bonds. The van der Waals surface area contributed by atoms with Crippen molar-refractivity contribution in [2.45, 2.75) is 37.0 Å². The molecule has 3 aromatic carbocycles. The molecule has 0 radical (unpaired) electrons. The lowest BCUT2D eigenvalue weighted by atomic mass is 9.90. The molecule has 2 unspecified atom stereocenters. The summed E-state index contributed by atoms with van der Waals surface area (Å²) in [7, 11) is 0. The highest BCUT2D eigenvalue weighted by atomic mass is 19.4. The van der Waals surface area contributed by atoms with E-state index in [0.717, 1.165) is 34.4 Å². The van der Waals surface area contributed by atoms with Gasteiger partial charge in [-0.3, -0.25) is 4.90 Å². The quantitative estimate of drug-likeness (QED) is 0.375. The summed E-state index contributed by atoms with van der Waals surface area (Å²) in [6, 6.07) is 21.3. The first-order valence-corrected chi connectivity index (χ1v) is 12.5. The summed E-state index contributed by atoms with van der Waals surface area (Å²) >= 11 is 0. The van der Waals surface area contributed by atoms with E-state index in [-0.39, 0.29) is 30.7 Å². The summed E-state index contributed by atoms with van der Waals surface area (Å²) in [5.74, 6) is -0.0111. The second kappa shape index (κ2) is 9.38. The van der Waals surface area contributed by atoms with Gasteiger partial charge in [-0.1, -0.05) is 72.3 Å². The molecule has 7 heteroatoms. The maximum absolute atomic E-state index is 13.3. The Morgan fingerprint density at radius 1 is 0.919 bits per heavy atom. The Kier molecular flexibility index (Phi) is 6.03. The van der Waals surface area contributed by atoms with E-state index in [1.807, 2.05) is 30.3 Å². The number of fused-ring (bicyclic) bond motifs is 5. The summed E-state index contributed by atoms with van der Waals surface area (Å²) in [6.07, 6.45) is -1.55. The van der Waals surface area contributed by atoms with Crippen molar-refractivity contribution >= 4 is 6.09 Å². The van der Waals surface area contributed by atoms with E-state index in [4.69, 9.17) is 9.47 Å². The zero-order valence-corrected chi connectivity index (χ0v) is 20.1. The number of morpholine rings is 1. The van der Waals surface area contributed by atoms with E-state index >= 15 is 0 Å². The van der Waals surface area contributed by atoms with Crippen molar-refractivity contribution in [2.75, 3.05) is 19.8 Å². The van der Waals surface area contributed by atoms with E-state index < -0.39 is 11.7 Å². The summed E-state index contributed by atoms with van der Waals surface area (Å²) in [5, 5.41) is 0. The minimum Gasteiger partial charge on any atom is -0.448 e. The normalized spacial score (nSPS) is 20.7. The monoisotopic (exact) mass is 505 g/mol. The number of amides is 1. The minimum atomic E-state index is -4.35. The minimum absolute atomic E-state index is 0.0111. The molecule has 0 aromatic heterocycles. The number of alkyl halides is 3. The van der Waals surface area contributed by atoms with Gasteiger partial charge in [-0.2, -0.15) is 13.2 Å². The van der Waals surface area contributed by atoms with Crippen LogP contribution in [0.3, 0.4) is 0 Å². The lowest BCUT2D eigenvalue weighted by Crippen LogP contribution is -2.56. The average molecular weight is 506 g/mol. The fraction of sp³-hybridized carbons (Fsp3) is 0.300. The van der Waals surface area contributed by atoms with Gasteiger partial charge in [0.2, 0.25) is 0 Å². The molecule has 1 saturated heterocycles. The molecule has 4 nitrogen and oxygen atoms in total. The van der Waals surface area contributed by atoms with Crippen LogP contribution in [0.5, 0.6) is 0 Å². The Labute approximate surface area is 213 Å². The summed E-state index contributed by atoms with van der Waals surface area (Å²) in [4.78, 5) is 15.1. The molecule has 37 heavy (non-hydrogen) atoms. The lowest BCUT2D eigenvalue weighted by molar-refractivity contribution is -0.137. The van der Waals surface area contributed by atoms with Crippen LogP contribution in [0.4, 0.5) is 18.0 Å². The zero-order chi connectivity index (χ0) is 25.6. The number of carbonyl (C=O) groups excluding carboxylic acids is 1. The molecule has 1 aliphatic carbocycles. The first-order valence-electron chi connectivity index (χ1n) is 12.5. The van der Waals surface area contributed by atoms with Gasteiger partial charge in [0.05, 0.1) is 30.9 Å². The van der Waals surface area contributed by atoms with Gasteiger partial charge in [-0.05, 0) is 52.8 Å². The molecule has 0 saturated carbocycles. The van der Waals surface area contributed by atoms with E-state index in [2.05, 4.69) is 24.3 Å². The number of carbonyl (C=O) groups is 1. The van der Waals surface area contributed by atoms with E-state index in [9.17, 15) is 18.0 Å². The predicted molar refractivity (Wildman–Crippen MR) is 133 cm³/mol. The van der Waals surface area contributed by atoms with Crippen molar-refractivity contribution in [3.8, 4) is 11.1 Å². The number of halogens is 3. The molecular formula is C30H26F3NO3. The fourth-order valence-electron chi connectivity index (χ4n) is 5.84. The number of ether oxygens (including phenoxy) is 2. The van der Waals surface area contributed by atoms with Gasteiger partial charge in [0.15, 0.2) is 0 Å². The Balaban J connectivity index is 1.15. The van der Waals surface area contributed by atoms with Gasteiger partial charge >= 0.3 is 12.3 Å². The maximum Gasteiger partial charge on any atom is 0.416 e. The largest absolute Gasteiger partial charge is 0.448 e. The van der Waals surface area contributed by atoms with Crippen LogP contribution in [0, 0.1) is 0 Å². The van der Waals surface area contributed by atoms with Crippen LogP contribution < -0.4 is 0 Å². The second-order valence-electron chi connectivity index (χ2n) is 9.87. The van der Waals surface area contributed by atoms with Crippen LogP contribution in [0.25, 0.3) is 11.1 Å². The molecule has 2 heterocycles. The average Bonchev–Trinajstić information content (AvgIpc) is 3.20. The van der Waals surface area contributed by atoms with Gasteiger partial charge in [0, 0.05) is 5.92 Å². The molecule has 3 aliphatic rings. The predicted octanol–water partition coefficient (Wildman–Crippen LogP) is 6.60. The van der Waals surface area contributed by atoms with Crippen LogP contribution in [-0.4, -0.2) is 42.9 Å². The highest BCUT2D eigenvalue weighted by Gasteiger charge is 2.39. The standard InChI is InChI=1S/C30H26F3NO3/c31-30(32,33)21-11-9-19(10-12-21)13-20-14-22-16-36-17-23(15-20)34(22)29(35)37-18-28-26-7-3-1-5-24(26)25-6-2-4-8-27(25)28/h1-12,14,22-23,28H,13,15-18H2. The van der Waals surface area contributed by atoms with E-state index in [1.165, 1.54) is 23.3 Å². The Bertz CT molecular complexity index is 1300. The molecule has 2 atom stereocenters. The van der Waals surface area contributed by atoms with Crippen LogP contribution in [0.2, 0.25) is 0 Å². The topological polar surface area (TPSA) is 38.8 Å².